The lowest BCUT2D eigenvalue weighted by Crippen LogP contribution is -2.23. The number of benzene rings is 1. The van der Waals surface area contributed by atoms with Gasteiger partial charge in [0.2, 0.25) is 15.9 Å². The number of rotatable bonds is 4. The number of nitrogens with one attached hydrogen (secondary N) is 1. The third-order valence-corrected chi connectivity index (χ3v) is 3.91. The van der Waals surface area contributed by atoms with Crippen molar-refractivity contribution in [1.29, 1.82) is 0 Å². The van der Waals surface area contributed by atoms with Gasteiger partial charge in [-0.3, -0.25) is 0 Å². The quantitative estimate of drug-likeness (QED) is 0.779. The maximum Gasteiger partial charge on any atom is 0.240 e. The van der Waals surface area contributed by atoms with E-state index in [1.165, 1.54) is 12.1 Å². The highest BCUT2D eigenvalue weighted by atomic mass is 32.2. The minimum absolute atomic E-state index is 0.0333. The summed E-state index contributed by atoms with van der Waals surface area (Å²) >= 11 is 0. The Bertz CT molecular complexity index is 770. The van der Waals surface area contributed by atoms with Crippen molar-refractivity contribution in [1.82, 2.24) is 14.9 Å². The fraction of sp³-hybridized carbons (Fsp3) is 0.231. The minimum atomic E-state index is -3.63. The molecular formula is C13H14N4O3S. The standard InChI is InChI=1S/C13H14N4O3S/c1-10-16-13(17-20-10)9-15-21(18,19)12-6-4-11(5-7-12)3-2-8-14/h4-7,15H,8-9,14H2,1H3. The molecule has 0 saturated heterocycles. The molecule has 0 spiro atoms. The Morgan fingerprint density at radius 1 is 1.33 bits per heavy atom. The Morgan fingerprint density at radius 2 is 2.05 bits per heavy atom. The Balaban J connectivity index is 2.08. The SMILES string of the molecule is Cc1nc(CNS(=O)(=O)c2ccc(C#CCN)cc2)no1. The number of aromatic nitrogens is 2. The van der Waals surface area contributed by atoms with Gasteiger partial charge in [-0.05, 0) is 24.3 Å². The monoisotopic (exact) mass is 306 g/mol. The number of hydrogen-bond acceptors (Lipinski definition) is 6. The molecule has 2 aromatic rings. The zero-order chi connectivity index (χ0) is 15.3. The van der Waals surface area contributed by atoms with Gasteiger partial charge in [0.1, 0.15) is 0 Å². The molecule has 0 unspecified atom stereocenters. The summed E-state index contributed by atoms with van der Waals surface area (Å²) in [7, 11) is -3.63. The van der Waals surface area contributed by atoms with Crippen molar-refractivity contribution in [3.8, 4) is 11.8 Å². The number of sulfonamides is 1. The highest BCUT2D eigenvalue weighted by molar-refractivity contribution is 7.89. The molecule has 1 aromatic carbocycles. The summed E-state index contributed by atoms with van der Waals surface area (Å²) in [6.07, 6.45) is 0. The highest BCUT2D eigenvalue weighted by Crippen LogP contribution is 2.10. The van der Waals surface area contributed by atoms with Gasteiger partial charge in [-0.25, -0.2) is 13.1 Å². The third-order valence-electron chi connectivity index (χ3n) is 2.49. The van der Waals surface area contributed by atoms with Gasteiger partial charge >= 0.3 is 0 Å². The molecule has 110 valence electrons. The van der Waals surface area contributed by atoms with Crippen LogP contribution < -0.4 is 10.5 Å². The largest absolute Gasteiger partial charge is 0.340 e. The Hall–Kier alpha value is -2.21. The van der Waals surface area contributed by atoms with Crippen molar-refractivity contribution in [3.05, 3.63) is 41.5 Å². The second kappa shape index (κ2) is 6.49. The van der Waals surface area contributed by atoms with E-state index in [0.717, 1.165) is 0 Å². The predicted molar refractivity (Wildman–Crippen MR) is 75.4 cm³/mol. The highest BCUT2D eigenvalue weighted by Gasteiger charge is 2.14. The summed E-state index contributed by atoms with van der Waals surface area (Å²) in [5.74, 6) is 6.18. The first kappa shape index (κ1) is 15.2. The molecule has 0 bridgehead atoms. The Morgan fingerprint density at radius 3 is 2.62 bits per heavy atom. The molecule has 0 saturated carbocycles. The van der Waals surface area contributed by atoms with Crippen LogP contribution in [-0.4, -0.2) is 25.1 Å². The smallest absolute Gasteiger partial charge is 0.240 e. The van der Waals surface area contributed by atoms with E-state index in [1.54, 1.807) is 19.1 Å². The topological polar surface area (TPSA) is 111 Å². The second-order valence-corrected chi connectivity index (χ2v) is 5.85. The van der Waals surface area contributed by atoms with Crippen LogP contribution in [0.2, 0.25) is 0 Å². The van der Waals surface area contributed by atoms with Crippen LogP contribution in [0, 0.1) is 18.8 Å². The van der Waals surface area contributed by atoms with Crippen LogP contribution in [0.15, 0.2) is 33.7 Å². The van der Waals surface area contributed by atoms with E-state index < -0.39 is 10.0 Å². The summed E-state index contributed by atoms with van der Waals surface area (Å²) in [4.78, 5) is 4.06. The van der Waals surface area contributed by atoms with Crippen LogP contribution in [0.4, 0.5) is 0 Å². The fourth-order valence-corrected chi connectivity index (χ4v) is 2.51. The molecule has 21 heavy (non-hydrogen) atoms. The van der Waals surface area contributed by atoms with E-state index >= 15 is 0 Å². The first-order valence-corrected chi connectivity index (χ1v) is 7.57. The summed E-state index contributed by atoms with van der Waals surface area (Å²) in [5.41, 5.74) is 5.98. The van der Waals surface area contributed by atoms with Gasteiger partial charge in [-0.1, -0.05) is 17.0 Å². The molecule has 0 atom stereocenters. The molecule has 7 nitrogen and oxygen atoms in total. The molecule has 0 aliphatic heterocycles. The number of hydrogen-bond donors (Lipinski definition) is 2. The molecule has 0 aliphatic rings. The van der Waals surface area contributed by atoms with Crippen LogP contribution in [0.3, 0.4) is 0 Å². The second-order valence-electron chi connectivity index (χ2n) is 4.08. The molecule has 1 aromatic heterocycles. The lowest BCUT2D eigenvalue weighted by atomic mass is 10.2. The van der Waals surface area contributed by atoms with E-state index in [1.807, 2.05) is 0 Å². The van der Waals surface area contributed by atoms with Crippen LogP contribution in [0.25, 0.3) is 0 Å². The van der Waals surface area contributed by atoms with Crippen molar-refractivity contribution >= 4 is 10.0 Å². The zero-order valence-corrected chi connectivity index (χ0v) is 12.1. The average Bonchev–Trinajstić information content (AvgIpc) is 2.89. The number of aryl methyl sites for hydroxylation is 1. The van der Waals surface area contributed by atoms with Crippen molar-refractivity contribution in [2.24, 2.45) is 5.73 Å². The van der Waals surface area contributed by atoms with E-state index in [9.17, 15) is 8.42 Å². The minimum Gasteiger partial charge on any atom is -0.340 e. The first-order valence-electron chi connectivity index (χ1n) is 6.09. The zero-order valence-electron chi connectivity index (χ0n) is 11.3. The van der Waals surface area contributed by atoms with Gasteiger partial charge in [-0.15, -0.1) is 0 Å². The third kappa shape index (κ3) is 4.13. The molecule has 2 rings (SSSR count). The summed E-state index contributed by atoms with van der Waals surface area (Å²) in [6.45, 7) is 1.85. The van der Waals surface area contributed by atoms with E-state index in [4.69, 9.17) is 10.3 Å². The fourth-order valence-electron chi connectivity index (χ4n) is 1.53. The van der Waals surface area contributed by atoms with E-state index in [-0.39, 0.29) is 23.8 Å². The van der Waals surface area contributed by atoms with Crippen LogP contribution in [0.1, 0.15) is 17.3 Å². The van der Waals surface area contributed by atoms with Gasteiger partial charge in [0.05, 0.1) is 18.0 Å². The maximum absolute atomic E-state index is 12.1. The summed E-state index contributed by atoms with van der Waals surface area (Å²) in [5, 5.41) is 3.62. The molecule has 1 heterocycles. The van der Waals surface area contributed by atoms with Gasteiger partial charge in [0, 0.05) is 12.5 Å². The predicted octanol–water partition coefficient (Wildman–Crippen LogP) is 0.167. The summed E-state index contributed by atoms with van der Waals surface area (Å²) in [6, 6.07) is 6.19. The normalized spacial score (nSPS) is 11.0. The average molecular weight is 306 g/mol. The molecule has 0 amide bonds. The van der Waals surface area contributed by atoms with Gasteiger partial charge in [-0.2, -0.15) is 4.98 Å². The van der Waals surface area contributed by atoms with E-state index in [0.29, 0.717) is 11.5 Å². The van der Waals surface area contributed by atoms with Gasteiger partial charge < -0.3 is 10.3 Å². The van der Waals surface area contributed by atoms with Gasteiger partial charge in [0.15, 0.2) is 5.82 Å². The Kier molecular flexibility index (Phi) is 4.70. The molecule has 3 N–H and O–H groups in total. The molecular weight excluding hydrogens is 292 g/mol. The van der Waals surface area contributed by atoms with Crippen LogP contribution >= 0.6 is 0 Å². The number of nitrogens with two attached hydrogens (primary N) is 1. The first-order chi connectivity index (χ1) is 10.0. The van der Waals surface area contributed by atoms with Crippen LogP contribution in [-0.2, 0) is 16.6 Å². The molecule has 0 aliphatic carbocycles. The van der Waals surface area contributed by atoms with Crippen molar-refractivity contribution in [2.75, 3.05) is 6.54 Å². The maximum atomic E-state index is 12.1. The van der Waals surface area contributed by atoms with Crippen molar-refractivity contribution in [2.45, 2.75) is 18.4 Å². The van der Waals surface area contributed by atoms with Crippen LogP contribution in [0.5, 0.6) is 0 Å². The van der Waals surface area contributed by atoms with Gasteiger partial charge in [0.25, 0.3) is 0 Å². The van der Waals surface area contributed by atoms with Crippen molar-refractivity contribution < 1.29 is 12.9 Å². The molecule has 0 radical (unpaired) electrons. The van der Waals surface area contributed by atoms with Crippen molar-refractivity contribution in [3.63, 3.8) is 0 Å². The van der Waals surface area contributed by atoms with E-state index in [2.05, 4.69) is 26.7 Å². The Labute approximate surface area is 122 Å². The summed E-state index contributed by atoms with van der Waals surface area (Å²) < 4.78 is 31.3. The lowest BCUT2D eigenvalue weighted by Gasteiger charge is -2.04. The lowest BCUT2D eigenvalue weighted by molar-refractivity contribution is 0.387. The molecule has 0 fully saturated rings. The molecule has 8 heteroatoms. The number of nitrogens with zero attached hydrogens (tertiary/aromatic N) is 2.